The third kappa shape index (κ3) is 2.96. The first-order valence-electron chi connectivity index (χ1n) is 5.51. The van der Waals surface area contributed by atoms with E-state index in [1.54, 1.807) is 18.4 Å². The van der Waals surface area contributed by atoms with Crippen LogP contribution in [0.3, 0.4) is 0 Å². The lowest BCUT2D eigenvalue weighted by Gasteiger charge is -2.09. The van der Waals surface area contributed by atoms with Gasteiger partial charge in [-0.1, -0.05) is 29.8 Å². The van der Waals surface area contributed by atoms with Crippen molar-refractivity contribution in [3.63, 3.8) is 0 Å². The minimum atomic E-state index is -0.398. The summed E-state index contributed by atoms with van der Waals surface area (Å²) < 4.78 is 5.21. The number of aryl methyl sites for hydroxylation is 1. The largest absolute Gasteiger partial charge is 0.467 e. The lowest BCUT2D eigenvalue weighted by atomic mass is 10.1. The van der Waals surface area contributed by atoms with Gasteiger partial charge in [-0.05, 0) is 24.6 Å². The summed E-state index contributed by atoms with van der Waals surface area (Å²) in [5.74, 6) is 0.653. The van der Waals surface area contributed by atoms with Gasteiger partial charge in [-0.25, -0.2) is 0 Å². The van der Waals surface area contributed by atoms with Crippen molar-refractivity contribution in [1.82, 2.24) is 5.32 Å². The molecule has 3 nitrogen and oxygen atoms in total. The minimum Gasteiger partial charge on any atom is -0.467 e. The zero-order chi connectivity index (χ0) is 12.1. The number of furan rings is 1. The zero-order valence-corrected chi connectivity index (χ0v) is 9.68. The fourth-order valence-electron chi connectivity index (χ4n) is 1.71. The van der Waals surface area contributed by atoms with Gasteiger partial charge in [-0.3, -0.25) is 5.32 Å². The number of benzene rings is 1. The number of nitrogens with zero attached hydrogens (tertiary/aromatic N) is 1. The second-order valence-corrected chi connectivity index (χ2v) is 3.95. The van der Waals surface area contributed by atoms with Gasteiger partial charge in [-0.15, -0.1) is 0 Å². The Morgan fingerprint density at radius 3 is 2.88 bits per heavy atom. The molecule has 0 amide bonds. The molecule has 1 N–H and O–H groups in total. The van der Waals surface area contributed by atoms with Gasteiger partial charge in [0.25, 0.3) is 0 Å². The van der Waals surface area contributed by atoms with Crippen LogP contribution >= 0.6 is 0 Å². The smallest absolute Gasteiger partial charge is 0.154 e. The molecule has 1 heterocycles. The Morgan fingerprint density at radius 2 is 2.24 bits per heavy atom. The van der Waals surface area contributed by atoms with Crippen LogP contribution < -0.4 is 5.32 Å². The van der Waals surface area contributed by atoms with Crippen molar-refractivity contribution >= 4 is 0 Å². The normalized spacial score (nSPS) is 12.0. The van der Waals surface area contributed by atoms with E-state index < -0.39 is 6.04 Å². The Labute approximate surface area is 101 Å². The maximum atomic E-state index is 9.06. The second-order valence-electron chi connectivity index (χ2n) is 3.95. The number of hydrogen-bond acceptors (Lipinski definition) is 3. The van der Waals surface area contributed by atoms with E-state index in [1.165, 1.54) is 5.56 Å². The van der Waals surface area contributed by atoms with Crippen molar-refractivity contribution in [1.29, 1.82) is 5.26 Å². The summed E-state index contributed by atoms with van der Waals surface area (Å²) in [6.45, 7) is 2.71. The molecular weight excluding hydrogens is 212 g/mol. The molecule has 0 radical (unpaired) electrons. The van der Waals surface area contributed by atoms with Gasteiger partial charge in [-0.2, -0.15) is 5.26 Å². The highest BCUT2D eigenvalue weighted by Gasteiger charge is 2.11. The van der Waals surface area contributed by atoms with Gasteiger partial charge in [0.1, 0.15) is 5.76 Å². The Balaban J connectivity index is 2.00. The maximum absolute atomic E-state index is 9.06. The summed E-state index contributed by atoms with van der Waals surface area (Å²) in [5.41, 5.74) is 2.38. The molecule has 0 saturated heterocycles. The summed E-state index contributed by atoms with van der Waals surface area (Å²) in [7, 11) is 0. The van der Waals surface area contributed by atoms with Crippen molar-refractivity contribution < 1.29 is 4.42 Å². The van der Waals surface area contributed by atoms with Crippen LogP contribution in [0.15, 0.2) is 47.1 Å². The first kappa shape index (κ1) is 11.4. The predicted octanol–water partition coefficient (Wildman–Crippen LogP) is 2.94. The Kier molecular flexibility index (Phi) is 3.59. The van der Waals surface area contributed by atoms with Crippen molar-refractivity contribution in [2.24, 2.45) is 0 Å². The van der Waals surface area contributed by atoms with Crippen LogP contribution in [0, 0.1) is 18.3 Å². The van der Waals surface area contributed by atoms with E-state index in [1.807, 2.05) is 12.1 Å². The number of rotatable bonds is 4. The molecule has 0 aliphatic heterocycles. The van der Waals surface area contributed by atoms with E-state index in [9.17, 15) is 0 Å². The van der Waals surface area contributed by atoms with Crippen LogP contribution in [0.5, 0.6) is 0 Å². The van der Waals surface area contributed by atoms with E-state index in [0.29, 0.717) is 12.3 Å². The van der Waals surface area contributed by atoms with Crippen LogP contribution in [0.1, 0.15) is 22.9 Å². The van der Waals surface area contributed by atoms with E-state index in [4.69, 9.17) is 9.68 Å². The molecule has 3 heteroatoms. The first-order chi connectivity index (χ1) is 8.29. The molecule has 0 aliphatic rings. The molecule has 0 saturated carbocycles. The third-order valence-corrected chi connectivity index (χ3v) is 2.55. The van der Waals surface area contributed by atoms with Crippen molar-refractivity contribution in [2.75, 3.05) is 0 Å². The molecule has 2 rings (SSSR count). The van der Waals surface area contributed by atoms with Gasteiger partial charge in [0.2, 0.25) is 0 Å². The fourth-order valence-corrected chi connectivity index (χ4v) is 1.71. The number of nitriles is 1. The molecule has 0 spiro atoms. The van der Waals surface area contributed by atoms with Crippen molar-refractivity contribution in [3.05, 3.63) is 59.5 Å². The SMILES string of the molecule is Cc1cccc(CNC(C#N)c2ccco2)c1. The molecule has 0 aliphatic carbocycles. The summed E-state index contributed by atoms with van der Waals surface area (Å²) >= 11 is 0. The quantitative estimate of drug-likeness (QED) is 0.872. The van der Waals surface area contributed by atoms with E-state index >= 15 is 0 Å². The van der Waals surface area contributed by atoms with Gasteiger partial charge in [0, 0.05) is 6.54 Å². The van der Waals surface area contributed by atoms with E-state index in [2.05, 4.69) is 30.4 Å². The first-order valence-corrected chi connectivity index (χ1v) is 5.51. The Hall–Kier alpha value is -2.05. The topological polar surface area (TPSA) is 49.0 Å². The number of nitrogens with one attached hydrogen (secondary N) is 1. The Bertz CT molecular complexity index is 511. The standard InChI is InChI=1S/C14H14N2O/c1-11-4-2-5-12(8-11)10-16-13(9-15)14-6-3-7-17-14/h2-8,13,16H,10H2,1H3. The summed E-state index contributed by atoms with van der Waals surface area (Å²) in [6.07, 6.45) is 1.58. The molecule has 1 atom stereocenters. The summed E-state index contributed by atoms with van der Waals surface area (Å²) in [6, 6.07) is 13.6. The van der Waals surface area contributed by atoms with Gasteiger partial charge < -0.3 is 4.42 Å². The average molecular weight is 226 g/mol. The summed E-state index contributed by atoms with van der Waals surface area (Å²) in [5, 5.41) is 12.2. The highest BCUT2D eigenvalue weighted by Crippen LogP contribution is 2.13. The highest BCUT2D eigenvalue weighted by atomic mass is 16.3. The van der Waals surface area contributed by atoms with E-state index in [0.717, 1.165) is 5.56 Å². The van der Waals surface area contributed by atoms with Crippen LogP contribution in [0.2, 0.25) is 0 Å². The minimum absolute atomic E-state index is 0.398. The van der Waals surface area contributed by atoms with Crippen LogP contribution in [-0.4, -0.2) is 0 Å². The maximum Gasteiger partial charge on any atom is 0.154 e. The fraction of sp³-hybridized carbons (Fsp3) is 0.214. The molecule has 1 aromatic carbocycles. The lowest BCUT2D eigenvalue weighted by Crippen LogP contribution is -2.18. The molecule has 17 heavy (non-hydrogen) atoms. The molecular formula is C14H14N2O. The summed E-state index contributed by atoms with van der Waals surface area (Å²) in [4.78, 5) is 0. The van der Waals surface area contributed by atoms with Crippen LogP contribution in [0.4, 0.5) is 0 Å². The lowest BCUT2D eigenvalue weighted by molar-refractivity contribution is 0.457. The van der Waals surface area contributed by atoms with Gasteiger partial charge in [0.05, 0.1) is 12.3 Å². The molecule has 2 aromatic rings. The monoisotopic (exact) mass is 226 g/mol. The molecule has 1 aromatic heterocycles. The van der Waals surface area contributed by atoms with Gasteiger partial charge in [0.15, 0.2) is 6.04 Å². The molecule has 0 fully saturated rings. The Morgan fingerprint density at radius 1 is 1.35 bits per heavy atom. The number of hydrogen-bond donors (Lipinski definition) is 1. The average Bonchev–Trinajstić information content (AvgIpc) is 2.84. The zero-order valence-electron chi connectivity index (χ0n) is 9.68. The molecule has 86 valence electrons. The van der Waals surface area contributed by atoms with E-state index in [-0.39, 0.29) is 0 Å². The molecule has 1 unspecified atom stereocenters. The van der Waals surface area contributed by atoms with Crippen molar-refractivity contribution in [3.8, 4) is 6.07 Å². The second kappa shape index (κ2) is 5.33. The van der Waals surface area contributed by atoms with Gasteiger partial charge >= 0.3 is 0 Å². The third-order valence-electron chi connectivity index (χ3n) is 2.55. The predicted molar refractivity (Wildman–Crippen MR) is 65.1 cm³/mol. The molecule has 0 bridgehead atoms. The highest BCUT2D eigenvalue weighted by molar-refractivity contribution is 5.22. The van der Waals surface area contributed by atoms with Crippen LogP contribution in [0.25, 0.3) is 0 Å². The van der Waals surface area contributed by atoms with Crippen molar-refractivity contribution in [2.45, 2.75) is 19.5 Å². The van der Waals surface area contributed by atoms with Crippen LogP contribution in [-0.2, 0) is 6.54 Å².